The fraction of sp³-hybridized carbons (Fsp3) is 0.519. The van der Waals surface area contributed by atoms with Crippen LogP contribution in [-0.2, 0) is 24.2 Å². The van der Waals surface area contributed by atoms with E-state index in [0.29, 0.717) is 44.4 Å². The Bertz CT molecular complexity index is 1020. The Labute approximate surface area is 202 Å². The second-order valence-corrected chi connectivity index (χ2v) is 9.58. The summed E-state index contributed by atoms with van der Waals surface area (Å²) in [5, 5.41) is 10.1. The van der Waals surface area contributed by atoms with Gasteiger partial charge in [-0.1, -0.05) is 36.4 Å². The van der Waals surface area contributed by atoms with Gasteiger partial charge >= 0.3 is 12.4 Å². The summed E-state index contributed by atoms with van der Waals surface area (Å²) in [4.78, 5) is 2.26. The molecule has 0 spiro atoms. The lowest BCUT2D eigenvalue weighted by molar-refractivity contribution is -0.162. The van der Waals surface area contributed by atoms with Crippen LogP contribution in [0.5, 0.6) is 0 Å². The average molecular weight is 497 g/mol. The first-order chi connectivity index (χ1) is 16.4. The number of alkyl halides is 6. The topological polar surface area (TPSA) is 27.0 Å². The second-order valence-electron chi connectivity index (χ2n) is 9.58. The maximum atomic E-state index is 13.5. The predicted octanol–water partition coefficient (Wildman–Crippen LogP) is 7.63. The van der Waals surface area contributed by atoms with Gasteiger partial charge in [0.25, 0.3) is 0 Å². The van der Waals surface area contributed by atoms with Gasteiger partial charge in [0.15, 0.2) is 0 Å². The summed E-state index contributed by atoms with van der Waals surface area (Å²) in [5.41, 5.74) is -3.44. The van der Waals surface area contributed by atoms with Crippen LogP contribution >= 0.6 is 0 Å². The molecular weight excluding hydrogens is 466 g/mol. The molecule has 35 heavy (non-hydrogen) atoms. The van der Waals surface area contributed by atoms with Gasteiger partial charge in [-0.2, -0.15) is 31.6 Å². The summed E-state index contributed by atoms with van der Waals surface area (Å²) < 4.78 is 80.4. The first kappa shape index (κ1) is 27.1. The van der Waals surface area contributed by atoms with Crippen LogP contribution < -0.4 is 0 Å². The number of hydrogen-bond donors (Lipinski definition) is 0. The Morgan fingerprint density at radius 1 is 0.914 bits per heavy atom. The highest BCUT2D eigenvalue weighted by atomic mass is 19.4. The molecule has 1 saturated carbocycles. The smallest absolute Gasteiger partial charge is 0.301 e. The first-order valence-electron chi connectivity index (χ1n) is 11.9. The van der Waals surface area contributed by atoms with E-state index in [9.17, 15) is 31.6 Å². The van der Waals surface area contributed by atoms with Crippen LogP contribution in [0.3, 0.4) is 0 Å². The van der Waals surface area contributed by atoms with Crippen molar-refractivity contribution in [1.82, 2.24) is 4.90 Å². The van der Waals surface area contributed by atoms with E-state index in [2.05, 4.69) is 36.9 Å². The van der Waals surface area contributed by atoms with E-state index in [0.717, 1.165) is 19.0 Å². The number of halogens is 6. The third-order valence-electron chi connectivity index (χ3n) is 6.90. The van der Waals surface area contributed by atoms with Gasteiger partial charge in [-0.3, -0.25) is 0 Å². The largest absolute Gasteiger partial charge is 0.417 e. The Hall–Kier alpha value is -2.53. The Morgan fingerprint density at radius 3 is 2.06 bits per heavy atom. The summed E-state index contributed by atoms with van der Waals surface area (Å²) >= 11 is 0. The molecule has 0 bridgehead atoms. The van der Waals surface area contributed by atoms with Crippen LogP contribution in [0.4, 0.5) is 26.3 Å². The molecule has 1 unspecified atom stereocenters. The molecule has 2 aromatic carbocycles. The van der Waals surface area contributed by atoms with Crippen molar-refractivity contribution in [3.05, 3.63) is 70.8 Å². The molecule has 2 aromatic rings. The van der Waals surface area contributed by atoms with Crippen LogP contribution in [0.15, 0.2) is 48.5 Å². The molecule has 8 heteroatoms. The molecule has 0 aliphatic heterocycles. The van der Waals surface area contributed by atoms with E-state index in [1.807, 2.05) is 18.2 Å². The van der Waals surface area contributed by atoms with Gasteiger partial charge in [-0.25, -0.2) is 0 Å². The fourth-order valence-electron chi connectivity index (χ4n) is 4.78. The van der Waals surface area contributed by atoms with Gasteiger partial charge in [0.1, 0.15) is 0 Å². The quantitative estimate of drug-likeness (QED) is 0.316. The number of nitriles is 1. The highest BCUT2D eigenvalue weighted by molar-refractivity contribution is 5.43. The number of benzene rings is 2. The van der Waals surface area contributed by atoms with Crippen molar-refractivity contribution in [2.45, 2.75) is 69.8 Å². The van der Waals surface area contributed by atoms with Crippen molar-refractivity contribution < 1.29 is 26.3 Å². The van der Waals surface area contributed by atoms with Gasteiger partial charge in [-0.15, -0.1) is 0 Å². The number of hydrogen-bond acceptors (Lipinski definition) is 2. The van der Waals surface area contributed by atoms with Crippen LogP contribution in [0.1, 0.15) is 61.8 Å². The lowest BCUT2D eigenvalue weighted by atomic mass is 9.73. The number of rotatable bonds is 10. The van der Waals surface area contributed by atoms with Crippen molar-refractivity contribution in [3.63, 3.8) is 0 Å². The Morgan fingerprint density at radius 2 is 1.54 bits per heavy atom. The van der Waals surface area contributed by atoms with Crippen molar-refractivity contribution in [2.24, 2.45) is 5.92 Å². The summed E-state index contributed by atoms with van der Waals surface area (Å²) in [7, 11) is 0. The molecule has 190 valence electrons. The molecule has 0 radical (unpaired) electrons. The molecule has 3 rings (SSSR count). The van der Waals surface area contributed by atoms with E-state index >= 15 is 0 Å². The first-order valence-corrected chi connectivity index (χ1v) is 11.9. The fourth-order valence-corrected chi connectivity index (χ4v) is 4.78. The zero-order valence-electron chi connectivity index (χ0n) is 19.9. The monoisotopic (exact) mass is 496 g/mol. The second kappa shape index (κ2) is 10.6. The lowest BCUT2D eigenvalue weighted by Crippen LogP contribution is -2.35. The molecule has 1 aliphatic carbocycles. The van der Waals surface area contributed by atoms with E-state index in [1.54, 1.807) is 0 Å². The molecule has 2 nitrogen and oxygen atoms in total. The van der Waals surface area contributed by atoms with Gasteiger partial charge in [-0.05, 0) is 81.7 Å². The van der Waals surface area contributed by atoms with Crippen LogP contribution in [0.2, 0.25) is 0 Å². The Kier molecular flexibility index (Phi) is 8.21. The number of nitrogens with zero attached hydrogens (tertiary/aromatic N) is 2. The summed E-state index contributed by atoms with van der Waals surface area (Å²) in [6.45, 7) is 5.57. The predicted molar refractivity (Wildman–Crippen MR) is 123 cm³/mol. The van der Waals surface area contributed by atoms with Crippen LogP contribution in [-0.4, -0.2) is 24.0 Å². The highest BCUT2D eigenvalue weighted by Crippen LogP contribution is 2.51. The standard InChI is InChI=1S/C27H30F6N2/c1-19(2)35(16-13-20-7-4-3-5-8-20)15-6-14-25(18-34,21-9-10-21)22-11-12-23(26(28,29)30)24(17-22)27(31,32)33/h3-5,7-8,11-12,17,19,21H,6,9-10,13-16H2,1-2H3. The minimum absolute atomic E-state index is 0.0307. The maximum absolute atomic E-state index is 13.5. The van der Waals surface area contributed by atoms with Crippen molar-refractivity contribution in [1.29, 1.82) is 5.26 Å². The molecule has 0 saturated heterocycles. The summed E-state index contributed by atoms with van der Waals surface area (Å²) in [5.74, 6) is -0.151. The zero-order chi connectivity index (χ0) is 25.9. The third-order valence-corrected chi connectivity index (χ3v) is 6.90. The van der Waals surface area contributed by atoms with Crippen LogP contribution in [0, 0.1) is 17.2 Å². The molecule has 0 aromatic heterocycles. The van der Waals surface area contributed by atoms with Crippen molar-refractivity contribution in [3.8, 4) is 6.07 Å². The molecule has 1 fully saturated rings. The molecular formula is C27H30F6N2. The van der Waals surface area contributed by atoms with Gasteiger partial charge in [0.2, 0.25) is 0 Å². The summed E-state index contributed by atoms with van der Waals surface area (Å²) in [6, 6.07) is 14.6. The SMILES string of the molecule is CC(C)N(CCCC(C#N)(c1ccc(C(F)(F)F)c(C(F)(F)F)c1)C1CC1)CCc1ccccc1. The van der Waals surface area contributed by atoms with Crippen molar-refractivity contribution >= 4 is 0 Å². The van der Waals surface area contributed by atoms with E-state index < -0.39 is 28.9 Å². The molecule has 0 heterocycles. The van der Waals surface area contributed by atoms with Gasteiger partial charge in [0, 0.05) is 12.6 Å². The normalized spacial score (nSPS) is 16.4. The van der Waals surface area contributed by atoms with E-state index in [1.165, 1.54) is 5.56 Å². The van der Waals surface area contributed by atoms with E-state index in [4.69, 9.17) is 0 Å². The molecule has 0 amide bonds. The third kappa shape index (κ3) is 6.58. The average Bonchev–Trinajstić information content (AvgIpc) is 3.64. The minimum Gasteiger partial charge on any atom is -0.301 e. The zero-order valence-corrected chi connectivity index (χ0v) is 19.9. The Balaban J connectivity index is 1.81. The van der Waals surface area contributed by atoms with Crippen molar-refractivity contribution in [2.75, 3.05) is 13.1 Å². The van der Waals surface area contributed by atoms with E-state index in [-0.39, 0.29) is 17.5 Å². The molecule has 0 N–H and O–H groups in total. The summed E-state index contributed by atoms with van der Waals surface area (Å²) in [6.07, 6.45) is -7.24. The highest BCUT2D eigenvalue weighted by Gasteiger charge is 2.49. The molecule has 1 aliphatic rings. The van der Waals surface area contributed by atoms with Gasteiger partial charge in [0.05, 0.1) is 22.6 Å². The minimum atomic E-state index is -5.17. The lowest BCUT2D eigenvalue weighted by Gasteiger charge is -2.31. The molecule has 1 atom stereocenters. The maximum Gasteiger partial charge on any atom is 0.417 e. The van der Waals surface area contributed by atoms with Crippen LogP contribution in [0.25, 0.3) is 0 Å². The van der Waals surface area contributed by atoms with Gasteiger partial charge < -0.3 is 4.90 Å².